The van der Waals surface area contributed by atoms with Crippen LogP contribution < -0.4 is 5.73 Å². The summed E-state index contributed by atoms with van der Waals surface area (Å²) in [5, 5.41) is 11.3. The van der Waals surface area contributed by atoms with Crippen molar-refractivity contribution >= 4 is 17.3 Å². The van der Waals surface area contributed by atoms with Gasteiger partial charge in [0.1, 0.15) is 5.54 Å². The van der Waals surface area contributed by atoms with Gasteiger partial charge in [0.2, 0.25) is 0 Å². The zero-order chi connectivity index (χ0) is 13.3. The maximum atomic E-state index is 11.2. The molecule has 2 unspecified atom stereocenters. The van der Waals surface area contributed by atoms with Gasteiger partial charge in [0.25, 0.3) is 0 Å². The van der Waals surface area contributed by atoms with Crippen LogP contribution in [0.15, 0.2) is 17.5 Å². The molecule has 5 heteroatoms. The first-order valence-electron chi connectivity index (χ1n) is 6.24. The van der Waals surface area contributed by atoms with Crippen molar-refractivity contribution in [2.45, 2.75) is 31.8 Å². The van der Waals surface area contributed by atoms with Crippen molar-refractivity contribution in [1.29, 1.82) is 0 Å². The van der Waals surface area contributed by atoms with Gasteiger partial charge in [-0.05, 0) is 23.8 Å². The van der Waals surface area contributed by atoms with Crippen LogP contribution in [-0.4, -0.2) is 34.6 Å². The Balaban J connectivity index is 2.18. The van der Waals surface area contributed by atoms with Crippen molar-refractivity contribution in [1.82, 2.24) is 4.90 Å². The highest BCUT2D eigenvalue weighted by atomic mass is 32.1. The second-order valence-corrected chi connectivity index (χ2v) is 6.37. The molecule has 1 aromatic heterocycles. The van der Waals surface area contributed by atoms with Crippen LogP contribution in [0.25, 0.3) is 0 Å². The lowest BCUT2D eigenvalue weighted by Crippen LogP contribution is -2.50. The Morgan fingerprint density at radius 2 is 2.33 bits per heavy atom. The smallest absolute Gasteiger partial charge is 0.325 e. The lowest BCUT2D eigenvalue weighted by Gasteiger charge is -2.31. The zero-order valence-corrected chi connectivity index (χ0v) is 11.6. The van der Waals surface area contributed by atoms with Gasteiger partial charge in [0, 0.05) is 24.0 Å². The summed E-state index contributed by atoms with van der Waals surface area (Å²) >= 11 is 1.72. The van der Waals surface area contributed by atoms with E-state index in [0.29, 0.717) is 18.9 Å². The Morgan fingerprint density at radius 3 is 2.78 bits per heavy atom. The molecule has 0 radical (unpaired) electrons. The third-order valence-electron chi connectivity index (χ3n) is 3.62. The fourth-order valence-electron chi connectivity index (χ4n) is 2.67. The molecule has 1 aliphatic heterocycles. The molecule has 0 bridgehead atoms. The van der Waals surface area contributed by atoms with E-state index < -0.39 is 11.5 Å². The van der Waals surface area contributed by atoms with Gasteiger partial charge in [0.05, 0.1) is 0 Å². The number of carbonyl (C=O) groups is 1. The average molecular weight is 268 g/mol. The predicted octanol–water partition coefficient (Wildman–Crippen LogP) is 1.93. The largest absolute Gasteiger partial charge is 0.480 e. The summed E-state index contributed by atoms with van der Waals surface area (Å²) in [6.45, 7) is 5.52. The van der Waals surface area contributed by atoms with Crippen molar-refractivity contribution in [2.75, 3.05) is 13.1 Å². The molecule has 0 aliphatic carbocycles. The minimum atomic E-state index is -1.08. The quantitative estimate of drug-likeness (QED) is 0.875. The molecule has 0 amide bonds. The first-order chi connectivity index (χ1) is 8.44. The molecule has 2 rings (SSSR count). The summed E-state index contributed by atoms with van der Waals surface area (Å²) in [4.78, 5) is 14.7. The van der Waals surface area contributed by atoms with E-state index in [4.69, 9.17) is 5.73 Å². The van der Waals surface area contributed by atoms with Crippen LogP contribution in [0, 0.1) is 5.92 Å². The molecule has 100 valence electrons. The molecule has 3 N–H and O–H groups in total. The molecule has 4 nitrogen and oxygen atoms in total. The number of likely N-dealkylation sites (tertiary alicyclic amines) is 1. The molecule has 2 heterocycles. The minimum absolute atomic E-state index is 0.273. The second-order valence-electron chi connectivity index (χ2n) is 5.39. The number of rotatable bonds is 4. The molecule has 1 saturated heterocycles. The summed E-state index contributed by atoms with van der Waals surface area (Å²) in [5.41, 5.74) is 4.87. The summed E-state index contributed by atoms with van der Waals surface area (Å²) in [6.07, 6.45) is 0.525. The summed E-state index contributed by atoms with van der Waals surface area (Å²) < 4.78 is 0. The SMILES string of the molecule is CC(C)C(c1cccs1)N1CCC(N)(C(=O)O)C1. The van der Waals surface area contributed by atoms with Gasteiger partial charge in [-0.1, -0.05) is 19.9 Å². The number of carboxylic acids is 1. The molecule has 1 fully saturated rings. The number of carboxylic acid groups (broad SMARTS) is 1. The zero-order valence-electron chi connectivity index (χ0n) is 10.8. The molecule has 0 spiro atoms. The van der Waals surface area contributed by atoms with Crippen molar-refractivity contribution in [3.05, 3.63) is 22.4 Å². The van der Waals surface area contributed by atoms with E-state index in [9.17, 15) is 9.90 Å². The highest BCUT2D eigenvalue weighted by Gasteiger charge is 2.44. The molecular weight excluding hydrogens is 248 g/mol. The topological polar surface area (TPSA) is 66.6 Å². The lowest BCUT2D eigenvalue weighted by molar-refractivity contribution is -0.142. The Morgan fingerprint density at radius 1 is 1.61 bits per heavy atom. The highest BCUT2D eigenvalue weighted by molar-refractivity contribution is 7.10. The first kappa shape index (κ1) is 13.5. The van der Waals surface area contributed by atoms with Gasteiger partial charge in [-0.3, -0.25) is 9.69 Å². The van der Waals surface area contributed by atoms with Crippen LogP contribution >= 0.6 is 11.3 Å². The Kier molecular flexibility index (Phi) is 3.75. The van der Waals surface area contributed by atoms with Crippen molar-refractivity contribution < 1.29 is 9.90 Å². The number of hydrogen-bond acceptors (Lipinski definition) is 4. The summed E-state index contributed by atoms with van der Waals surface area (Å²) in [5.74, 6) is -0.446. The fourth-order valence-corrected chi connectivity index (χ4v) is 3.70. The van der Waals surface area contributed by atoms with E-state index in [1.165, 1.54) is 4.88 Å². The van der Waals surface area contributed by atoms with Gasteiger partial charge >= 0.3 is 5.97 Å². The number of thiophene rings is 1. The second kappa shape index (κ2) is 4.99. The van der Waals surface area contributed by atoms with Gasteiger partial charge in [-0.25, -0.2) is 0 Å². The number of hydrogen-bond donors (Lipinski definition) is 2. The molecular formula is C13H20N2O2S. The van der Waals surface area contributed by atoms with E-state index >= 15 is 0 Å². The first-order valence-corrected chi connectivity index (χ1v) is 7.12. The Labute approximate surface area is 111 Å². The molecule has 0 aromatic carbocycles. The maximum Gasteiger partial charge on any atom is 0.325 e. The Bertz CT molecular complexity index is 419. The molecule has 1 aliphatic rings. The number of aliphatic carboxylic acids is 1. The monoisotopic (exact) mass is 268 g/mol. The normalized spacial score (nSPS) is 26.7. The maximum absolute atomic E-state index is 11.2. The molecule has 18 heavy (non-hydrogen) atoms. The van der Waals surface area contributed by atoms with Crippen molar-refractivity contribution in [3.63, 3.8) is 0 Å². The molecule has 0 saturated carbocycles. The minimum Gasteiger partial charge on any atom is -0.480 e. The van der Waals surface area contributed by atoms with Crippen LogP contribution in [-0.2, 0) is 4.79 Å². The van der Waals surface area contributed by atoms with Crippen LogP contribution in [0.1, 0.15) is 31.2 Å². The molecule has 2 atom stereocenters. The lowest BCUT2D eigenvalue weighted by atomic mass is 9.99. The van der Waals surface area contributed by atoms with Crippen LogP contribution in [0.5, 0.6) is 0 Å². The van der Waals surface area contributed by atoms with Gasteiger partial charge in [0.15, 0.2) is 0 Å². The molecule has 1 aromatic rings. The van der Waals surface area contributed by atoms with Crippen LogP contribution in [0.4, 0.5) is 0 Å². The average Bonchev–Trinajstić information content (AvgIpc) is 2.89. The standard InChI is InChI=1S/C13H20N2O2S/c1-9(2)11(10-4-3-7-18-10)15-6-5-13(14,8-15)12(16)17/h3-4,7,9,11H,5-6,8,14H2,1-2H3,(H,16,17). The highest BCUT2D eigenvalue weighted by Crippen LogP contribution is 2.35. The number of nitrogens with two attached hydrogens (primary N) is 1. The van der Waals surface area contributed by atoms with E-state index in [0.717, 1.165) is 6.54 Å². The third kappa shape index (κ3) is 2.43. The van der Waals surface area contributed by atoms with Crippen LogP contribution in [0.2, 0.25) is 0 Å². The van der Waals surface area contributed by atoms with Gasteiger partial charge in [-0.15, -0.1) is 11.3 Å². The summed E-state index contributed by atoms with van der Waals surface area (Å²) in [6, 6.07) is 4.43. The number of nitrogens with zero attached hydrogens (tertiary/aromatic N) is 1. The third-order valence-corrected chi connectivity index (χ3v) is 4.56. The van der Waals surface area contributed by atoms with E-state index in [1.54, 1.807) is 11.3 Å². The fraction of sp³-hybridized carbons (Fsp3) is 0.615. The van der Waals surface area contributed by atoms with Crippen LogP contribution in [0.3, 0.4) is 0 Å². The van der Waals surface area contributed by atoms with Crippen molar-refractivity contribution in [2.24, 2.45) is 11.7 Å². The van der Waals surface area contributed by atoms with Gasteiger partial charge in [-0.2, -0.15) is 0 Å². The Hall–Kier alpha value is -0.910. The van der Waals surface area contributed by atoms with Crippen molar-refractivity contribution in [3.8, 4) is 0 Å². The van der Waals surface area contributed by atoms with E-state index in [2.05, 4.69) is 30.2 Å². The van der Waals surface area contributed by atoms with E-state index in [1.807, 2.05) is 6.07 Å². The van der Waals surface area contributed by atoms with E-state index in [-0.39, 0.29) is 6.04 Å². The predicted molar refractivity (Wildman–Crippen MR) is 72.6 cm³/mol. The summed E-state index contributed by atoms with van der Waals surface area (Å²) in [7, 11) is 0. The van der Waals surface area contributed by atoms with Gasteiger partial charge < -0.3 is 10.8 Å².